The molecule has 2 saturated heterocycles. The summed E-state index contributed by atoms with van der Waals surface area (Å²) in [7, 11) is 0. The molecule has 0 N–H and O–H groups in total. The van der Waals surface area contributed by atoms with Crippen LogP contribution in [0.15, 0.2) is 0 Å². The molecule has 0 aliphatic carbocycles. The molecule has 0 bridgehead atoms. The number of alkyl halides is 1. The second-order valence-corrected chi connectivity index (χ2v) is 8.88. The molecule has 2 fully saturated rings. The van der Waals surface area contributed by atoms with Crippen LogP contribution in [0.1, 0.15) is 47.5 Å². The van der Waals surface area contributed by atoms with Gasteiger partial charge in [0.2, 0.25) is 5.91 Å². The van der Waals surface area contributed by atoms with Gasteiger partial charge in [0.05, 0.1) is 0 Å². The molecule has 5 nitrogen and oxygen atoms in total. The molecule has 23 heavy (non-hydrogen) atoms. The molecule has 0 aromatic carbocycles. The number of likely N-dealkylation sites (tertiary alicyclic amines) is 2. The Morgan fingerprint density at radius 1 is 1.04 bits per heavy atom. The van der Waals surface area contributed by atoms with E-state index in [0.717, 1.165) is 0 Å². The Bertz CT molecular complexity index is 471. The monoisotopic (exact) mass is 344 g/mol. The normalized spacial score (nSPS) is 30.5. The molecular weight excluding hydrogens is 316 g/mol. The lowest BCUT2D eigenvalue weighted by atomic mass is 9.71. The molecule has 0 unspecified atom stereocenters. The minimum atomic E-state index is -0.486. The van der Waals surface area contributed by atoms with Gasteiger partial charge in [-0.3, -0.25) is 4.79 Å². The van der Waals surface area contributed by atoms with Crippen LogP contribution in [-0.4, -0.2) is 59.5 Å². The van der Waals surface area contributed by atoms with E-state index in [1.165, 1.54) is 0 Å². The minimum absolute atomic E-state index is 0.0828. The van der Waals surface area contributed by atoms with E-state index in [-0.39, 0.29) is 22.8 Å². The number of fused-ring (bicyclic) bond motifs is 1. The van der Waals surface area contributed by atoms with Crippen LogP contribution in [0.2, 0.25) is 0 Å². The maximum Gasteiger partial charge on any atom is 0.410 e. The van der Waals surface area contributed by atoms with E-state index in [1.807, 2.05) is 25.7 Å². The molecule has 132 valence electrons. The first kappa shape index (κ1) is 18.4. The molecule has 2 heterocycles. The zero-order valence-corrected chi connectivity index (χ0v) is 15.7. The third-order valence-electron chi connectivity index (χ3n) is 5.15. The fourth-order valence-electron chi connectivity index (χ4n) is 3.67. The van der Waals surface area contributed by atoms with Gasteiger partial charge in [-0.2, -0.15) is 0 Å². The maximum absolute atomic E-state index is 12.3. The Kier molecular flexibility index (Phi) is 4.91. The van der Waals surface area contributed by atoms with Crippen LogP contribution in [-0.2, 0) is 9.53 Å². The van der Waals surface area contributed by atoms with Gasteiger partial charge in [0.25, 0.3) is 0 Å². The predicted molar refractivity (Wildman–Crippen MR) is 90.6 cm³/mol. The summed E-state index contributed by atoms with van der Waals surface area (Å²) in [4.78, 5) is 28.4. The fourth-order valence-corrected chi connectivity index (χ4v) is 3.80. The zero-order chi connectivity index (χ0) is 17.5. The van der Waals surface area contributed by atoms with Gasteiger partial charge in [0.1, 0.15) is 5.60 Å². The summed E-state index contributed by atoms with van der Waals surface area (Å²) in [5.74, 6) is 0.687. The van der Waals surface area contributed by atoms with Crippen LogP contribution in [0.4, 0.5) is 4.79 Å². The van der Waals surface area contributed by atoms with E-state index < -0.39 is 5.60 Å². The molecule has 0 aromatic rings. The standard InChI is InChI=1S/C17H29ClN2O3/c1-15(2,3)23-14(22)20-11-16(4)9-19(10-17(16,5)12-20)13(21)7-6-8-18/h6-12H2,1-5H3/t16-,17+. The number of ether oxygens (including phenoxy) is 1. The molecule has 2 atom stereocenters. The smallest absolute Gasteiger partial charge is 0.410 e. The summed E-state index contributed by atoms with van der Waals surface area (Å²) in [6.07, 6.45) is 0.967. The van der Waals surface area contributed by atoms with Gasteiger partial charge < -0.3 is 14.5 Å². The average molecular weight is 345 g/mol. The van der Waals surface area contributed by atoms with E-state index in [9.17, 15) is 9.59 Å². The highest BCUT2D eigenvalue weighted by molar-refractivity contribution is 6.17. The first-order valence-corrected chi connectivity index (χ1v) is 8.85. The number of rotatable bonds is 3. The van der Waals surface area contributed by atoms with Crippen molar-refractivity contribution in [3.8, 4) is 0 Å². The third-order valence-corrected chi connectivity index (χ3v) is 5.41. The minimum Gasteiger partial charge on any atom is -0.444 e. The van der Waals surface area contributed by atoms with Gasteiger partial charge in [-0.1, -0.05) is 13.8 Å². The second kappa shape index (κ2) is 6.15. The largest absolute Gasteiger partial charge is 0.444 e. The summed E-state index contributed by atoms with van der Waals surface area (Å²) < 4.78 is 5.50. The quantitative estimate of drug-likeness (QED) is 0.739. The van der Waals surface area contributed by atoms with Crippen LogP contribution in [0.3, 0.4) is 0 Å². The van der Waals surface area contributed by atoms with Gasteiger partial charge in [0.15, 0.2) is 0 Å². The lowest BCUT2D eigenvalue weighted by molar-refractivity contribution is -0.130. The van der Waals surface area contributed by atoms with Crippen molar-refractivity contribution in [2.75, 3.05) is 32.1 Å². The Labute approximate surface area is 144 Å². The number of hydrogen-bond acceptors (Lipinski definition) is 3. The van der Waals surface area contributed by atoms with E-state index in [4.69, 9.17) is 16.3 Å². The van der Waals surface area contributed by atoms with Crippen molar-refractivity contribution in [2.24, 2.45) is 10.8 Å². The van der Waals surface area contributed by atoms with Crippen LogP contribution in [0.25, 0.3) is 0 Å². The van der Waals surface area contributed by atoms with Crippen molar-refractivity contribution >= 4 is 23.6 Å². The van der Waals surface area contributed by atoms with Crippen LogP contribution in [0.5, 0.6) is 0 Å². The molecule has 0 saturated carbocycles. The Morgan fingerprint density at radius 2 is 1.52 bits per heavy atom. The highest BCUT2D eigenvalue weighted by atomic mass is 35.5. The van der Waals surface area contributed by atoms with Crippen molar-refractivity contribution < 1.29 is 14.3 Å². The molecule has 0 spiro atoms. The van der Waals surface area contributed by atoms with Crippen molar-refractivity contribution in [3.05, 3.63) is 0 Å². The summed E-state index contributed by atoms with van der Waals surface area (Å²) >= 11 is 5.68. The molecule has 0 radical (unpaired) electrons. The lowest BCUT2D eigenvalue weighted by Gasteiger charge is -2.29. The first-order valence-electron chi connectivity index (χ1n) is 8.31. The summed E-state index contributed by atoms with van der Waals surface area (Å²) in [6.45, 7) is 12.6. The van der Waals surface area contributed by atoms with Crippen molar-refractivity contribution in [3.63, 3.8) is 0 Å². The maximum atomic E-state index is 12.3. The number of carbonyl (C=O) groups excluding carboxylic acids is 2. The van der Waals surface area contributed by atoms with Crippen LogP contribution >= 0.6 is 11.6 Å². The molecular formula is C17H29ClN2O3. The summed E-state index contributed by atoms with van der Waals surface area (Å²) in [6, 6.07) is 0. The van der Waals surface area contributed by atoms with Gasteiger partial charge in [-0.25, -0.2) is 4.79 Å². The summed E-state index contributed by atoms with van der Waals surface area (Å²) in [5.41, 5.74) is -0.652. The topological polar surface area (TPSA) is 49.9 Å². The van der Waals surface area contributed by atoms with E-state index in [2.05, 4.69) is 13.8 Å². The molecule has 2 aliphatic heterocycles. The van der Waals surface area contributed by atoms with Gasteiger partial charge in [-0.15, -0.1) is 11.6 Å². The van der Waals surface area contributed by atoms with Gasteiger partial charge in [-0.05, 0) is 27.2 Å². The zero-order valence-electron chi connectivity index (χ0n) is 14.9. The molecule has 2 rings (SSSR count). The van der Waals surface area contributed by atoms with E-state index in [0.29, 0.717) is 44.9 Å². The SMILES string of the molecule is CC(C)(C)OC(=O)N1C[C@]2(C)CN(C(=O)CCCCl)C[C@]2(C)C1. The molecule has 2 amide bonds. The van der Waals surface area contributed by atoms with Crippen molar-refractivity contribution in [1.29, 1.82) is 0 Å². The highest BCUT2D eigenvalue weighted by Gasteiger charge is 2.59. The second-order valence-electron chi connectivity index (χ2n) is 8.50. The summed E-state index contributed by atoms with van der Waals surface area (Å²) in [5, 5.41) is 0. The fraction of sp³-hybridized carbons (Fsp3) is 0.882. The van der Waals surface area contributed by atoms with E-state index in [1.54, 1.807) is 4.90 Å². The number of hydrogen-bond donors (Lipinski definition) is 0. The number of nitrogens with zero attached hydrogens (tertiary/aromatic N) is 2. The molecule has 6 heteroatoms. The Hall–Kier alpha value is -0.970. The van der Waals surface area contributed by atoms with Crippen molar-refractivity contribution in [2.45, 2.75) is 53.1 Å². The lowest BCUT2D eigenvalue weighted by Crippen LogP contribution is -2.40. The predicted octanol–water partition coefficient (Wildman–Crippen LogP) is 3.11. The average Bonchev–Trinajstić information content (AvgIpc) is 2.79. The Morgan fingerprint density at radius 3 is 1.96 bits per heavy atom. The first-order chi connectivity index (χ1) is 10.5. The number of amides is 2. The Balaban J connectivity index is 2.02. The highest BCUT2D eigenvalue weighted by Crippen LogP contribution is 2.51. The number of carbonyl (C=O) groups is 2. The number of halogens is 1. The van der Waals surface area contributed by atoms with Gasteiger partial charge >= 0.3 is 6.09 Å². The van der Waals surface area contributed by atoms with E-state index >= 15 is 0 Å². The van der Waals surface area contributed by atoms with Crippen molar-refractivity contribution in [1.82, 2.24) is 9.80 Å². The van der Waals surface area contributed by atoms with Crippen LogP contribution < -0.4 is 0 Å². The van der Waals surface area contributed by atoms with Crippen LogP contribution in [0, 0.1) is 10.8 Å². The molecule has 0 aromatic heterocycles. The van der Waals surface area contributed by atoms with Gasteiger partial charge in [0, 0.05) is 49.3 Å². The molecule has 2 aliphatic rings. The third kappa shape index (κ3) is 3.76.